The highest BCUT2D eigenvalue weighted by Gasteiger charge is 2.48. The van der Waals surface area contributed by atoms with Gasteiger partial charge in [-0.15, -0.1) is 0 Å². The van der Waals surface area contributed by atoms with E-state index in [-0.39, 0.29) is 36.9 Å². The summed E-state index contributed by atoms with van der Waals surface area (Å²) >= 11 is 0. The Kier molecular flexibility index (Phi) is 6.03. The van der Waals surface area contributed by atoms with Crippen molar-refractivity contribution >= 4 is 18.0 Å². The molecular weight excluding hydrogens is 444 g/mol. The second-order valence-electron chi connectivity index (χ2n) is 10.7. The first-order valence-electron chi connectivity index (χ1n) is 12.4. The summed E-state index contributed by atoms with van der Waals surface area (Å²) in [6.07, 6.45) is 1.72. The number of likely N-dealkylation sites (tertiary alicyclic amines) is 1. The molecule has 2 aromatic carbocycles. The second kappa shape index (κ2) is 9.02. The number of carboxylic acids is 1. The summed E-state index contributed by atoms with van der Waals surface area (Å²) in [4.78, 5) is 39.4. The summed E-state index contributed by atoms with van der Waals surface area (Å²) in [5.41, 5.74) is 4.18. The topological polar surface area (TPSA) is 95.9 Å². The largest absolute Gasteiger partial charge is 0.481 e. The van der Waals surface area contributed by atoms with Crippen LogP contribution in [0, 0.1) is 17.3 Å². The van der Waals surface area contributed by atoms with E-state index in [9.17, 15) is 19.5 Å². The molecule has 7 nitrogen and oxygen atoms in total. The minimum atomic E-state index is -0.870. The molecule has 184 valence electrons. The number of hydrogen-bond donors (Lipinski definition) is 2. The maximum absolute atomic E-state index is 13.3. The lowest BCUT2D eigenvalue weighted by atomic mass is 9.82. The van der Waals surface area contributed by atoms with Crippen molar-refractivity contribution in [2.24, 2.45) is 17.3 Å². The number of aliphatic carboxylic acids is 1. The van der Waals surface area contributed by atoms with Gasteiger partial charge < -0.3 is 20.1 Å². The van der Waals surface area contributed by atoms with Crippen LogP contribution in [0.3, 0.4) is 0 Å². The van der Waals surface area contributed by atoms with Crippen LogP contribution >= 0.6 is 0 Å². The number of fused-ring (bicyclic) bond motifs is 3. The van der Waals surface area contributed by atoms with Crippen LogP contribution < -0.4 is 5.32 Å². The fourth-order valence-corrected chi connectivity index (χ4v) is 6.17. The van der Waals surface area contributed by atoms with Gasteiger partial charge in [-0.2, -0.15) is 0 Å². The SMILES string of the molecule is CC1(C)CN(C(=O)C2CCCC2NC(=O)OCC2c3ccccc3-c3ccccc32)CC1C(=O)O. The first kappa shape index (κ1) is 23.4. The number of amides is 2. The molecule has 1 aliphatic heterocycles. The molecule has 3 atom stereocenters. The molecule has 1 saturated heterocycles. The van der Waals surface area contributed by atoms with E-state index in [0.29, 0.717) is 19.4 Å². The number of rotatable bonds is 5. The number of hydrogen-bond acceptors (Lipinski definition) is 4. The molecule has 0 aromatic heterocycles. The average Bonchev–Trinajstić information content (AvgIpc) is 3.51. The lowest BCUT2D eigenvalue weighted by molar-refractivity contribution is -0.144. The minimum absolute atomic E-state index is 0.0195. The number of carboxylic acid groups (broad SMARTS) is 1. The Hall–Kier alpha value is -3.35. The number of carbonyl (C=O) groups excluding carboxylic acids is 2. The number of benzene rings is 2. The summed E-state index contributed by atoms with van der Waals surface area (Å²) < 4.78 is 5.68. The van der Waals surface area contributed by atoms with Crippen molar-refractivity contribution in [1.29, 1.82) is 0 Å². The van der Waals surface area contributed by atoms with Gasteiger partial charge in [-0.3, -0.25) is 9.59 Å². The van der Waals surface area contributed by atoms with Gasteiger partial charge in [-0.25, -0.2) is 4.79 Å². The van der Waals surface area contributed by atoms with E-state index >= 15 is 0 Å². The fraction of sp³-hybridized carbons (Fsp3) is 0.464. The third-order valence-electron chi connectivity index (χ3n) is 8.03. The zero-order valence-corrected chi connectivity index (χ0v) is 20.2. The highest BCUT2D eigenvalue weighted by molar-refractivity contribution is 5.83. The summed E-state index contributed by atoms with van der Waals surface area (Å²) in [6, 6.07) is 16.1. The van der Waals surface area contributed by atoms with Gasteiger partial charge in [0.25, 0.3) is 0 Å². The van der Waals surface area contributed by atoms with Gasteiger partial charge in [-0.1, -0.05) is 68.8 Å². The zero-order valence-electron chi connectivity index (χ0n) is 20.2. The molecule has 3 unspecified atom stereocenters. The molecule has 2 aromatic rings. The van der Waals surface area contributed by atoms with E-state index in [1.165, 1.54) is 11.1 Å². The Morgan fingerprint density at radius 1 is 1.03 bits per heavy atom. The van der Waals surface area contributed by atoms with Gasteiger partial charge in [0.15, 0.2) is 0 Å². The van der Waals surface area contributed by atoms with E-state index < -0.39 is 23.4 Å². The molecule has 7 heteroatoms. The van der Waals surface area contributed by atoms with Gasteiger partial charge in [0.2, 0.25) is 5.91 Å². The van der Waals surface area contributed by atoms with Crippen LogP contribution in [0.4, 0.5) is 4.79 Å². The average molecular weight is 477 g/mol. The highest BCUT2D eigenvalue weighted by Crippen LogP contribution is 2.44. The minimum Gasteiger partial charge on any atom is -0.481 e. The summed E-state index contributed by atoms with van der Waals surface area (Å²) in [7, 11) is 0. The number of ether oxygens (including phenoxy) is 1. The number of nitrogens with zero attached hydrogens (tertiary/aromatic N) is 1. The van der Waals surface area contributed by atoms with Gasteiger partial charge in [-0.05, 0) is 40.5 Å². The number of carbonyl (C=O) groups is 3. The maximum Gasteiger partial charge on any atom is 0.407 e. The van der Waals surface area contributed by atoms with Crippen LogP contribution in [-0.4, -0.2) is 53.7 Å². The molecule has 2 fully saturated rings. The van der Waals surface area contributed by atoms with E-state index in [1.807, 2.05) is 38.1 Å². The Bertz CT molecular complexity index is 1110. The van der Waals surface area contributed by atoms with Crippen molar-refractivity contribution in [3.05, 3.63) is 59.7 Å². The molecule has 0 radical (unpaired) electrons. The summed E-state index contributed by atoms with van der Waals surface area (Å²) in [6.45, 7) is 4.64. The Labute approximate surface area is 205 Å². The Morgan fingerprint density at radius 2 is 1.66 bits per heavy atom. The smallest absolute Gasteiger partial charge is 0.407 e. The molecule has 35 heavy (non-hydrogen) atoms. The van der Waals surface area contributed by atoms with E-state index in [2.05, 4.69) is 29.6 Å². The second-order valence-corrected chi connectivity index (χ2v) is 10.7. The summed E-state index contributed by atoms with van der Waals surface area (Å²) in [5, 5.41) is 12.5. The molecule has 5 rings (SSSR count). The maximum atomic E-state index is 13.3. The Balaban J connectivity index is 1.21. The molecule has 2 amide bonds. The molecular formula is C28H32N2O5. The lowest BCUT2D eigenvalue weighted by Gasteiger charge is -2.26. The molecule has 0 spiro atoms. The molecule has 0 bridgehead atoms. The molecule has 1 heterocycles. The number of alkyl carbamates (subject to hydrolysis) is 1. The molecule has 3 aliphatic rings. The molecule has 2 N–H and O–H groups in total. The van der Waals surface area contributed by atoms with Crippen LogP contribution in [-0.2, 0) is 14.3 Å². The third-order valence-corrected chi connectivity index (χ3v) is 8.03. The van der Waals surface area contributed by atoms with Gasteiger partial charge in [0, 0.05) is 25.0 Å². The van der Waals surface area contributed by atoms with Crippen LogP contribution in [0.25, 0.3) is 11.1 Å². The predicted molar refractivity (Wildman–Crippen MR) is 131 cm³/mol. The van der Waals surface area contributed by atoms with Crippen molar-refractivity contribution in [3.8, 4) is 11.1 Å². The quantitative estimate of drug-likeness (QED) is 0.672. The van der Waals surface area contributed by atoms with Crippen molar-refractivity contribution in [2.75, 3.05) is 19.7 Å². The Morgan fingerprint density at radius 3 is 2.26 bits per heavy atom. The first-order valence-corrected chi connectivity index (χ1v) is 12.4. The van der Waals surface area contributed by atoms with Crippen LogP contribution in [0.15, 0.2) is 48.5 Å². The van der Waals surface area contributed by atoms with Crippen LogP contribution in [0.2, 0.25) is 0 Å². The van der Waals surface area contributed by atoms with Crippen LogP contribution in [0.1, 0.15) is 50.2 Å². The normalized spacial score (nSPS) is 24.6. The zero-order chi connectivity index (χ0) is 24.7. The first-order chi connectivity index (χ1) is 16.8. The van der Waals surface area contributed by atoms with Gasteiger partial charge in [0.1, 0.15) is 6.61 Å². The standard InChI is InChI=1S/C28H32N2O5/c1-28(2)16-30(14-23(28)26(32)33)25(31)21-12-7-13-24(21)29-27(34)35-15-22-19-10-5-3-8-17(19)18-9-4-6-11-20(18)22/h3-6,8-11,21-24H,7,12-16H2,1-2H3,(H,29,34)(H,32,33). The lowest BCUT2D eigenvalue weighted by Crippen LogP contribution is -2.45. The van der Waals surface area contributed by atoms with Crippen molar-refractivity contribution in [3.63, 3.8) is 0 Å². The van der Waals surface area contributed by atoms with Gasteiger partial charge >= 0.3 is 12.1 Å². The van der Waals surface area contributed by atoms with Crippen LogP contribution in [0.5, 0.6) is 0 Å². The van der Waals surface area contributed by atoms with Crippen molar-refractivity contribution in [2.45, 2.75) is 45.1 Å². The van der Waals surface area contributed by atoms with Crippen molar-refractivity contribution < 1.29 is 24.2 Å². The third kappa shape index (κ3) is 4.28. The highest BCUT2D eigenvalue weighted by atomic mass is 16.5. The van der Waals surface area contributed by atoms with Gasteiger partial charge in [0.05, 0.1) is 11.8 Å². The fourth-order valence-electron chi connectivity index (χ4n) is 6.17. The monoisotopic (exact) mass is 476 g/mol. The molecule has 1 saturated carbocycles. The molecule has 2 aliphatic carbocycles. The summed E-state index contributed by atoms with van der Waals surface area (Å²) in [5.74, 6) is -1.89. The van der Waals surface area contributed by atoms with Crippen molar-refractivity contribution in [1.82, 2.24) is 10.2 Å². The van der Waals surface area contributed by atoms with E-state index in [0.717, 1.165) is 17.5 Å². The van der Waals surface area contributed by atoms with E-state index in [4.69, 9.17) is 4.74 Å². The predicted octanol–water partition coefficient (Wildman–Crippen LogP) is 4.26. The van der Waals surface area contributed by atoms with E-state index in [1.54, 1.807) is 4.90 Å². The number of nitrogens with one attached hydrogen (secondary N) is 1.